The quantitative estimate of drug-likeness (QED) is 0.645. The summed E-state index contributed by atoms with van der Waals surface area (Å²) in [6.07, 6.45) is 3.23. The SMILES string of the molecule is CC1Oc2nc(cnc2N)-c2c(nn(C)c2C#N)CCCc2ccc(F)cc21. The minimum Gasteiger partial charge on any atom is -0.467 e. The third-order valence-electron chi connectivity index (χ3n) is 4.94. The van der Waals surface area contributed by atoms with Crippen LogP contribution in [0.15, 0.2) is 24.4 Å². The van der Waals surface area contributed by atoms with Gasteiger partial charge in [0.05, 0.1) is 23.1 Å². The van der Waals surface area contributed by atoms with Crippen LogP contribution in [0.25, 0.3) is 11.3 Å². The molecular weight excluding hydrogens is 359 g/mol. The zero-order valence-electron chi connectivity index (χ0n) is 15.6. The van der Waals surface area contributed by atoms with Gasteiger partial charge in [-0.05, 0) is 49.4 Å². The van der Waals surface area contributed by atoms with E-state index in [-0.39, 0.29) is 17.5 Å². The van der Waals surface area contributed by atoms with Gasteiger partial charge in [-0.1, -0.05) is 6.07 Å². The maximum Gasteiger partial charge on any atom is 0.258 e. The van der Waals surface area contributed by atoms with Crippen molar-refractivity contribution in [2.45, 2.75) is 32.3 Å². The number of nitrogens with two attached hydrogens (primary N) is 1. The Kier molecular flexibility index (Phi) is 4.43. The van der Waals surface area contributed by atoms with E-state index in [0.717, 1.165) is 29.7 Å². The first-order chi connectivity index (χ1) is 13.5. The lowest BCUT2D eigenvalue weighted by Crippen LogP contribution is -2.11. The van der Waals surface area contributed by atoms with Crippen molar-refractivity contribution in [3.8, 4) is 23.2 Å². The highest BCUT2D eigenvalue weighted by Crippen LogP contribution is 2.33. The van der Waals surface area contributed by atoms with Crippen LogP contribution in [-0.4, -0.2) is 19.7 Å². The van der Waals surface area contributed by atoms with Gasteiger partial charge < -0.3 is 10.5 Å². The van der Waals surface area contributed by atoms with Crippen molar-refractivity contribution in [1.29, 1.82) is 5.26 Å². The molecule has 0 radical (unpaired) electrons. The summed E-state index contributed by atoms with van der Waals surface area (Å²) in [5.41, 5.74) is 10.0. The molecule has 7 nitrogen and oxygen atoms in total. The van der Waals surface area contributed by atoms with Gasteiger partial charge in [0.15, 0.2) is 5.82 Å². The number of hydrogen-bond donors (Lipinski definition) is 1. The van der Waals surface area contributed by atoms with Crippen LogP contribution in [0.2, 0.25) is 0 Å². The number of anilines is 1. The van der Waals surface area contributed by atoms with E-state index in [2.05, 4.69) is 21.1 Å². The van der Waals surface area contributed by atoms with Crippen LogP contribution in [-0.2, 0) is 19.9 Å². The van der Waals surface area contributed by atoms with Crippen LogP contribution in [0.1, 0.15) is 42.0 Å². The van der Waals surface area contributed by atoms with Gasteiger partial charge in [-0.15, -0.1) is 0 Å². The molecule has 0 saturated carbocycles. The van der Waals surface area contributed by atoms with Crippen LogP contribution >= 0.6 is 0 Å². The fourth-order valence-electron chi connectivity index (χ4n) is 3.59. The van der Waals surface area contributed by atoms with Crippen molar-refractivity contribution in [2.24, 2.45) is 7.05 Å². The van der Waals surface area contributed by atoms with Gasteiger partial charge in [-0.2, -0.15) is 10.4 Å². The van der Waals surface area contributed by atoms with E-state index >= 15 is 0 Å². The fraction of sp³-hybridized carbons (Fsp3) is 0.300. The predicted octanol–water partition coefficient (Wildman–Crippen LogP) is 3.10. The molecule has 2 aromatic heterocycles. The average molecular weight is 378 g/mol. The molecule has 0 aliphatic carbocycles. The molecule has 0 spiro atoms. The van der Waals surface area contributed by atoms with E-state index < -0.39 is 6.10 Å². The molecule has 3 aromatic rings. The van der Waals surface area contributed by atoms with Gasteiger partial charge in [-0.3, -0.25) is 4.68 Å². The van der Waals surface area contributed by atoms with Crippen molar-refractivity contribution < 1.29 is 9.13 Å². The lowest BCUT2D eigenvalue weighted by atomic mass is 9.96. The van der Waals surface area contributed by atoms with Gasteiger partial charge in [0, 0.05) is 7.05 Å². The Morgan fingerprint density at radius 2 is 2.18 bits per heavy atom. The number of nitrogen functional groups attached to an aromatic ring is 1. The van der Waals surface area contributed by atoms with Crippen molar-refractivity contribution in [3.05, 3.63) is 52.7 Å². The highest BCUT2D eigenvalue weighted by molar-refractivity contribution is 5.69. The first kappa shape index (κ1) is 17.9. The average Bonchev–Trinajstić information content (AvgIpc) is 2.99. The lowest BCUT2D eigenvalue weighted by molar-refractivity contribution is 0.216. The monoisotopic (exact) mass is 378 g/mol. The number of rotatable bonds is 0. The number of halogens is 1. The van der Waals surface area contributed by atoms with E-state index in [4.69, 9.17) is 10.5 Å². The van der Waals surface area contributed by atoms with E-state index in [1.807, 2.05) is 6.92 Å². The number of aryl methyl sites for hydroxylation is 3. The van der Waals surface area contributed by atoms with Crippen LogP contribution in [0.4, 0.5) is 10.2 Å². The van der Waals surface area contributed by atoms with Gasteiger partial charge in [0.1, 0.15) is 23.7 Å². The Morgan fingerprint density at radius 1 is 1.36 bits per heavy atom. The third kappa shape index (κ3) is 3.05. The standard InChI is InChI=1S/C20H19FN6O/c1-11-14-8-13(21)7-6-12(14)4-3-5-15-18(17(9-22)27(2)26-15)16-10-24-19(23)20(25-16)28-11/h6-8,10-11H,3-5H2,1-2H3,(H2,23,24). The normalized spacial score (nSPS) is 16.0. The Morgan fingerprint density at radius 3 is 2.96 bits per heavy atom. The Balaban J connectivity index is 1.90. The molecule has 28 heavy (non-hydrogen) atoms. The van der Waals surface area contributed by atoms with Crippen molar-refractivity contribution in [1.82, 2.24) is 19.7 Å². The van der Waals surface area contributed by atoms with Gasteiger partial charge in [0.25, 0.3) is 5.88 Å². The number of hydrogen-bond acceptors (Lipinski definition) is 6. The zero-order chi connectivity index (χ0) is 19.8. The Bertz CT molecular complexity index is 1100. The first-order valence-electron chi connectivity index (χ1n) is 9.01. The van der Waals surface area contributed by atoms with Gasteiger partial charge >= 0.3 is 0 Å². The third-order valence-corrected chi connectivity index (χ3v) is 4.94. The van der Waals surface area contributed by atoms with Crippen LogP contribution in [0, 0.1) is 17.1 Å². The molecule has 3 heterocycles. The maximum absolute atomic E-state index is 13.9. The predicted molar refractivity (Wildman–Crippen MR) is 101 cm³/mol. The summed E-state index contributed by atoms with van der Waals surface area (Å²) in [6, 6.07) is 6.90. The summed E-state index contributed by atoms with van der Waals surface area (Å²) in [4.78, 5) is 8.70. The lowest BCUT2D eigenvalue weighted by Gasteiger charge is -2.20. The topological polar surface area (TPSA) is 103 Å². The fourth-order valence-corrected chi connectivity index (χ4v) is 3.59. The number of ether oxygens (including phenoxy) is 1. The van der Waals surface area contributed by atoms with Crippen molar-refractivity contribution in [2.75, 3.05) is 5.73 Å². The van der Waals surface area contributed by atoms with Crippen LogP contribution < -0.4 is 10.5 Å². The molecule has 1 unspecified atom stereocenters. The van der Waals surface area contributed by atoms with E-state index in [9.17, 15) is 9.65 Å². The smallest absolute Gasteiger partial charge is 0.258 e. The summed E-state index contributed by atoms with van der Waals surface area (Å²) in [5.74, 6) is -0.0335. The number of aromatic nitrogens is 4. The van der Waals surface area contributed by atoms with E-state index in [1.165, 1.54) is 18.3 Å². The minimum absolute atomic E-state index is 0.134. The number of benzene rings is 1. The summed E-state index contributed by atoms with van der Waals surface area (Å²) in [5, 5.41) is 14.1. The second-order valence-electron chi connectivity index (χ2n) is 6.81. The zero-order valence-corrected chi connectivity index (χ0v) is 15.6. The largest absolute Gasteiger partial charge is 0.467 e. The maximum atomic E-state index is 13.9. The summed E-state index contributed by atoms with van der Waals surface area (Å²) < 4.78 is 21.4. The highest BCUT2D eigenvalue weighted by atomic mass is 19.1. The van der Waals surface area contributed by atoms with Crippen LogP contribution in [0.3, 0.4) is 0 Å². The molecule has 2 N–H and O–H groups in total. The van der Waals surface area contributed by atoms with E-state index in [0.29, 0.717) is 23.4 Å². The summed E-state index contributed by atoms with van der Waals surface area (Å²) >= 11 is 0. The molecule has 0 amide bonds. The Labute approximate surface area is 161 Å². The second kappa shape index (κ2) is 6.93. The van der Waals surface area contributed by atoms with Crippen molar-refractivity contribution in [3.63, 3.8) is 0 Å². The van der Waals surface area contributed by atoms with Crippen molar-refractivity contribution >= 4 is 5.82 Å². The molecule has 2 bridgehead atoms. The Hall–Kier alpha value is -3.47. The molecule has 1 aromatic carbocycles. The molecular formula is C20H19FN6O. The number of fused-ring (bicyclic) bond motifs is 5. The molecule has 4 rings (SSSR count). The van der Waals surface area contributed by atoms with Gasteiger partial charge in [0.2, 0.25) is 0 Å². The summed E-state index contributed by atoms with van der Waals surface area (Å²) in [6.45, 7) is 1.83. The van der Waals surface area contributed by atoms with Crippen LogP contribution in [0.5, 0.6) is 5.88 Å². The molecule has 1 aliphatic rings. The molecule has 8 heteroatoms. The molecule has 1 atom stereocenters. The minimum atomic E-state index is -0.458. The number of nitriles is 1. The second-order valence-corrected chi connectivity index (χ2v) is 6.81. The number of nitrogens with zero attached hydrogens (tertiary/aromatic N) is 5. The molecule has 0 saturated heterocycles. The van der Waals surface area contributed by atoms with Gasteiger partial charge in [-0.25, -0.2) is 14.4 Å². The summed E-state index contributed by atoms with van der Waals surface area (Å²) in [7, 11) is 1.73. The first-order valence-corrected chi connectivity index (χ1v) is 9.01. The molecule has 0 fully saturated rings. The highest BCUT2D eigenvalue weighted by Gasteiger charge is 2.23. The molecule has 1 aliphatic heterocycles. The molecule has 142 valence electrons. The van der Waals surface area contributed by atoms with E-state index in [1.54, 1.807) is 17.8 Å².